The van der Waals surface area contributed by atoms with E-state index in [2.05, 4.69) is 10.3 Å². The van der Waals surface area contributed by atoms with Gasteiger partial charge in [0.15, 0.2) is 0 Å². The molecule has 1 unspecified atom stereocenters. The molecule has 0 spiro atoms. The summed E-state index contributed by atoms with van der Waals surface area (Å²) >= 11 is 6.09. The van der Waals surface area contributed by atoms with Crippen LogP contribution in [0.1, 0.15) is 22.7 Å². The van der Waals surface area contributed by atoms with Crippen molar-refractivity contribution in [1.29, 1.82) is 0 Å². The summed E-state index contributed by atoms with van der Waals surface area (Å²) in [6, 6.07) is 6.91. The number of nitrogens with one attached hydrogen (secondary N) is 1. The first-order chi connectivity index (χ1) is 9.91. The molecule has 0 saturated heterocycles. The third-order valence-corrected chi connectivity index (χ3v) is 3.54. The van der Waals surface area contributed by atoms with Crippen molar-refractivity contribution >= 4 is 11.6 Å². The Morgan fingerprint density at radius 2 is 2.05 bits per heavy atom. The molecule has 6 heteroatoms. The molecule has 21 heavy (non-hydrogen) atoms. The van der Waals surface area contributed by atoms with Crippen molar-refractivity contribution in [2.24, 2.45) is 0 Å². The van der Waals surface area contributed by atoms with Gasteiger partial charge in [0.25, 0.3) is 0 Å². The zero-order valence-electron chi connectivity index (χ0n) is 11.3. The topological polar surface area (TPSA) is 24.9 Å². The first-order valence-electron chi connectivity index (χ1n) is 6.34. The molecule has 0 fully saturated rings. The SMILES string of the molecule is CNC(Cc1cccc(C(F)(F)F)c1)c1ccncc1Cl. The molecule has 0 aliphatic heterocycles. The average molecular weight is 315 g/mol. The summed E-state index contributed by atoms with van der Waals surface area (Å²) in [4.78, 5) is 3.91. The van der Waals surface area contributed by atoms with Crippen LogP contribution in [0.2, 0.25) is 5.02 Å². The summed E-state index contributed by atoms with van der Waals surface area (Å²) in [5.74, 6) is 0. The maximum Gasteiger partial charge on any atom is 0.416 e. The first kappa shape index (κ1) is 15.8. The Hall–Kier alpha value is -1.59. The lowest BCUT2D eigenvalue weighted by Crippen LogP contribution is -2.19. The highest BCUT2D eigenvalue weighted by Gasteiger charge is 2.30. The summed E-state index contributed by atoms with van der Waals surface area (Å²) in [5.41, 5.74) is 0.763. The molecule has 0 radical (unpaired) electrons. The minimum absolute atomic E-state index is 0.177. The van der Waals surface area contributed by atoms with Crippen molar-refractivity contribution in [2.45, 2.75) is 18.6 Å². The number of aromatic nitrogens is 1. The number of pyridine rings is 1. The molecule has 1 atom stereocenters. The van der Waals surface area contributed by atoms with Gasteiger partial charge in [0.05, 0.1) is 10.6 Å². The molecule has 1 N–H and O–H groups in total. The van der Waals surface area contributed by atoms with E-state index in [1.807, 2.05) is 0 Å². The Bertz CT molecular complexity index is 614. The molecule has 1 heterocycles. The monoisotopic (exact) mass is 314 g/mol. The Balaban J connectivity index is 2.26. The van der Waals surface area contributed by atoms with Crippen LogP contribution in [0.5, 0.6) is 0 Å². The Morgan fingerprint density at radius 3 is 2.67 bits per heavy atom. The minimum Gasteiger partial charge on any atom is -0.313 e. The second-order valence-electron chi connectivity index (χ2n) is 4.64. The summed E-state index contributed by atoms with van der Waals surface area (Å²) < 4.78 is 38.2. The predicted octanol–water partition coefficient (Wildman–Crippen LogP) is 4.26. The molecule has 2 rings (SSSR count). The molecule has 112 valence electrons. The van der Waals surface area contributed by atoms with E-state index >= 15 is 0 Å². The van der Waals surface area contributed by atoms with Gasteiger partial charge in [-0.15, -0.1) is 0 Å². The summed E-state index contributed by atoms with van der Waals surface area (Å²) in [6.45, 7) is 0. The molecular formula is C15H14ClF3N2. The van der Waals surface area contributed by atoms with Crippen molar-refractivity contribution in [3.05, 3.63) is 64.4 Å². The van der Waals surface area contributed by atoms with E-state index < -0.39 is 11.7 Å². The lowest BCUT2D eigenvalue weighted by molar-refractivity contribution is -0.137. The van der Waals surface area contributed by atoms with E-state index in [-0.39, 0.29) is 6.04 Å². The molecule has 0 aliphatic carbocycles. The first-order valence-corrected chi connectivity index (χ1v) is 6.72. The second-order valence-corrected chi connectivity index (χ2v) is 5.05. The maximum absolute atomic E-state index is 12.7. The van der Waals surface area contributed by atoms with E-state index in [9.17, 15) is 13.2 Å². The molecule has 1 aromatic carbocycles. The van der Waals surface area contributed by atoms with Gasteiger partial charge in [0, 0.05) is 18.4 Å². The fourth-order valence-electron chi connectivity index (χ4n) is 2.15. The number of likely N-dealkylation sites (N-methyl/N-ethyl adjacent to an activating group) is 1. The van der Waals surface area contributed by atoms with Gasteiger partial charge in [-0.2, -0.15) is 13.2 Å². The van der Waals surface area contributed by atoms with Crippen LogP contribution >= 0.6 is 11.6 Å². The van der Waals surface area contributed by atoms with Gasteiger partial charge in [-0.1, -0.05) is 29.8 Å². The van der Waals surface area contributed by atoms with Crippen molar-refractivity contribution in [2.75, 3.05) is 7.05 Å². The fraction of sp³-hybridized carbons (Fsp3) is 0.267. The van der Waals surface area contributed by atoms with Crippen LogP contribution in [-0.4, -0.2) is 12.0 Å². The third kappa shape index (κ3) is 3.95. The molecule has 2 nitrogen and oxygen atoms in total. The molecule has 0 saturated carbocycles. The van der Waals surface area contributed by atoms with Crippen LogP contribution in [0.25, 0.3) is 0 Å². The number of hydrogen-bond donors (Lipinski definition) is 1. The molecule has 1 aromatic heterocycles. The zero-order valence-corrected chi connectivity index (χ0v) is 12.0. The van der Waals surface area contributed by atoms with Gasteiger partial charge in [-0.25, -0.2) is 0 Å². The van der Waals surface area contributed by atoms with E-state index in [4.69, 9.17) is 11.6 Å². The van der Waals surface area contributed by atoms with Crippen molar-refractivity contribution in [3.8, 4) is 0 Å². The van der Waals surface area contributed by atoms with Crippen LogP contribution in [-0.2, 0) is 12.6 Å². The van der Waals surface area contributed by atoms with Crippen molar-refractivity contribution < 1.29 is 13.2 Å². The van der Waals surface area contributed by atoms with Gasteiger partial charge >= 0.3 is 6.18 Å². The van der Waals surface area contributed by atoms with Crippen LogP contribution in [0, 0.1) is 0 Å². The largest absolute Gasteiger partial charge is 0.416 e. The molecule has 0 bridgehead atoms. The van der Waals surface area contributed by atoms with Gasteiger partial charge in [-0.05, 0) is 36.7 Å². The van der Waals surface area contributed by atoms with Crippen LogP contribution < -0.4 is 5.32 Å². The normalized spacial score (nSPS) is 13.2. The van der Waals surface area contributed by atoms with E-state index in [0.29, 0.717) is 17.0 Å². The number of rotatable bonds is 4. The van der Waals surface area contributed by atoms with Gasteiger partial charge in [0.2, 0.25) is 0 Å². The van der Waals surface area contributed by atoms with E-state index in [1.165, 1.54) is 18.3 Å². The number of hydrogen-bond acceptors (Lipinski definition) is 2. The van der Waals surface area contributed by atoms with Crippen LogP contribution in [0.3, 0.4) is 0 Å². The lowest BCUT2D eigenvalue weighted by Gasteiger charge is -2.18. The summed E-state index contributed by atoms with van der Waals surface area (Å²) in [5, 5.41) is 3.56. The highest BCUT2D eigenvalue weighted by molar-refractivity contribution is 6.31. The number of alkyl halides is 3. The average Bonchev–Trinajstić information content (AvgIpc) is 2.45. The molecule has 0 aliphatic rings. The van der Waals surface area contributed by atoms with Gasteiger partial charge in [0.1, 0.15) is 0 Å². The van der Waals surface area contributed by atoms with Crippen molar-refractivity contribution in [3.63, 3.8) is 0 Å². The standard InChI is InChI=1S/C15H14ClF3N2/c1-20-14(12-5-6-21-9-13(12)16)8-10-3-2-4-11(7-10)15(17,18)19/h2-7,9,14,20H,8H2,1H3. The molecule has 2 aromatic rings. The fourth-order valence-corrected chi connectivity index (χ4v) is 2.40. The smallest absolute Gasteiger partial charge is 0.313 e. The highest BCUT2D eigenvalue weighted by Crippen LogP contribution is 2.31. The van der Waals surface area contributed by atoms with E-state index in [0.717, 1.165) is 11.6 Å². The Labute approximate surface area is 126 Å². The number of halogens is 4. The van der Waals surface area contributed by atoms with Crippen LogP contribution in [0.4, 0.5) is 13.2 Å². The van der Waals surface area contributed by atoms with Crippen LogP contribution in [0.15, 0.2) is 42.7 Å². The minimum atomic E-state index is -4.33. The highest BCUT2D eigenvalue weighted by atomic mass is 35.5. The molecular weight excluding hydrogens is 301 g/mol. The predicted molar refractivity (Wildman–Crippen MR) is 76.2 cm³/mol. The quantitative estimate of drug-likeness (QED) is 0.912. The van der Waals surface area contributed by atoms with E-state index in [1.54, 1.807) is 25.4 Å². The molecule has 0 amide bonds. The maximum atomic E-state index is 12.7. The Kier molecular flexibility index (Phi) is 4.85. The number of nitrogens with zero attached hydrogens (tertiary/aromatic N) is 1. The second kappa shape index (κ2) is 6.45. The zero-order chi connectivity index (χ0) is 15.5. The Morgan fingerprint density at radius 1 is 1.29 bits per heavy atom. The summed E-state index contributed by atoms with van der Waals surface area (Å²) in [6.07, 6.45) is -0.797. The lowest BCUT2D eigenvalue weighted by atomic mass is 9.98. The van der Waals surface area contributed by atoms with Gasteiger partial charge < -0.3 is 5.32 Å². The third-order valence-electron chi connectivity index (χ3n) is 3.22. The van der Waals surface area contributed by atoms with Crippen molar-refractivity contribution in [1.82, 2.24) is 10.3 Å². The number of benzene rings is 1. The summed E-state index contributed by atoms with van der Waals surface area (Å²) in [7, 11) is 1.75. The van der Waals surface area contributed by atoms with Gasteiger partial charge in [-0.3, -0.25) is 4.98 Å².